The smallest absolute Gasteiger partial charge is 0.258 e. The minimum atomic E-state index is -0.227. The van der Waals surface area contributed by atoms with Crippen LogP contribution in [-0.4, -0.2) is 22.7 Å². The van der Waals surface area contributed by atoms with Crippen LogP contribution in [0.4, 0.5) is 5.13 Å². The van der Waals surface area contributed by atoms with Crippen molar-refractivity contribution >= 4 is 43.5 Å². The van der Waals surface area contributed by atoms with Crippen molar-refractivity contribution in [2.75, 3.05) is 12.1 Å². The lowest BCUT2D eigenvalue weighted by atomic mass is 10.0. The van der Waals surface area contributed by atoms with Gasteiger partial charge < -0.3 is 9.47 Å². The van der Waals surface area contributed by atoms with Crippen molar-refractivity contribution in [3.8, 4) is 22.8 Å². The Morgan fingerprint density at radius 1 is 0.871 bits per heavy atom. The highest BCUT2D eigenvalue weighted by Crippen LogP contribution is 2.39. The highest BCUT2D eigenvalue weighted by molar-refractivity contribution is 7.22. The van der Waals surface area contributed by atoms with E-state index in [1.807, 2.05) is 72.8 Å². The Balaban J connectivity index is 1.40. The summed E-state index contributed by atoms with van der Waals surface area (Å²) in [6, 6.07) is 23.0. The maximum Gasteiger partial charge on any atom is 0.258 e. The number of nitrogens with one attached hydrogen (secondary N) is 1. The van der Waals surface area contributed by atoms with Gasteiger partial charge in [-0.3, -0.25) is 10.1 Å². The summed E-state index contributed by atoms with van der Waals surface area (Å²) in [4.78, 5) is 22.6. The number of pyridine rings is 1. The van der Waals surface area contributed by atoms with Crippen LogP contribution in [0.25, 0.3) is 32.4 Å². The van der Waals surface area contributed by atoms with E-state index in [0.29, 0.717) is 22.2 Å². The Morgan fingerprint density at radius 3 is 2.52 bits per heavy atom. The number of ether oxygens (including phenoxy) is 2. The summed E-state index contributed by atoms with van der Waals surface area (Å²) in [5.41, 5.74) is 3.78. The predicted octanol–water partition coefficient (Wildman–Crippen LogP) is 5.49. The van der Waals surface area contributed by atoms with Gasteiger partial charge in [-0.25, -0.2) is 9.97 Å². The second kappa shape index (κ2) is 7.07. The number of anilines is 1. The molecule has 3 aromatic carbocycles. The lowest BCUT2D eigenvalue weighted by molar-refractivity contribution is 0.102. The molecule has 0 fully saturated rings. The van der Waals surface area contributed by atoms with Crippen LogP contribution in [0.5, 0.6) is 11.5 Å². The molecule has 6 nitrogen and oxygen atoms in total. The third kappa shape index (κ3) is 3.15. The standard InChI is InChI=1S/C24H15N3O3S/c28-23(27-24-26-19-11-20-21(30-13-29-20)12-22(19)31-24)16-10-18(14-6-2-1-3-7-14)25-17-9-5-4-8-15(16)17/h1-12H,13H2,(H,26,27,28). The first-order valence-electron chi connectivity index (χ1n) is 9.71. The number of carbonyl (C=O) groups is 1. The molecule has 0 bridgehead atoms. The summed E-state index contributed by atoms with van der Waals surface area (Å²) in [7, 11) is 0. The average Bonchev–Trinajstić information content (AvgIpc) is 3.42. The Hall–Kier alpha value is -3.97. The van der Waals surface area contributed by atoms with E-state index < -0.39 is 0 Å². The van der Waals surface area contributed by atoms with Gasteiger partial charge in [-0.2, -0.15) is 0 Å². The number of carbonyl (C=O) groups excluding carboxylic acids is 1. The maximum absolute atomic E-state index is 13.3. The van der Waals surface area contributed by atoms with Gasteiger partial charge in [-0.15, -0.1) is 0 Å². The van der Waals surface area contributed by atoms with Gasteiger partial charge >= 0.3 is 0 Å². The molecule has 31 heavy (non-hydrogen) atoms. The van der Waals surface area contributed by atoms with Gasteiger partial charge in [0.2, 0.25) is 6.79 Å². The van der Waals surface area contributed by atoms with Gasteiger partial charge in [0.25, 0.3) is 5.91 Å². The van der Waals surface area contributed by atoms with Crippen molar-refractivity contribution in [3.63, 3.8) is 0 Å². The molecule has 150 valence electrons. The van der Waals surface area contributed by atoms with Crippen molar-refractivity contribution < 1.29 is 14.3 Å². The molecule has 0 spiro atoms. The normalized spacial score (nSPS) is 12.4. The molecule has 3 heterocycles. The van der Waals surface area contributed by atoms with E-state index in [2.05, 4.69) is 10.3 Å². The van der Waals surface area contributed by atoms with Crippen LogP contribution < -0.4 is 14.8 Å². The van der Waals surface area contributed by atoms with E-state index in [0.717, 1.165) is 32.4 Å². The molecule has 0 radical (unpaired) electrons. The molecular weight excluding hydrogens is 410 g/mol. The number of amides is 1. The highest BCUT2D eigenvalue weighted by Gasteiger charge is 2.19. The third-order valence-electron chi connectivity index (χ3n) is 5.13. The number of fused-ring (bicyclic) bond motifs is 3. The molecule has 5 aromatic rings. The Bertz CT molecular complexity index is 1420. The van der Waals surface area contributed by atoms with Gasteiger partial charge in [-0.05, 0) is 12.1 Å². The second-order valence-electron chi connectivity index (χ2n) is 7.08. The number of thiazole rings is 1. The van der Waals surface area contributed by atoms with E-state index in [-0.39, 0.29) is 12.7 Å². The first-order chi connectivity index (χ1) is 15.2. The van der Waals surface area contributed by atoms with Crippen molar-refractivity contribution in [2.24, 2.45) is 0 Å². The lowest BCUT2D eigenvalue weighted by Crippen LogP contribution is -2.13. The molecular formula is C24H15N3O3S. The summed E-state index contributed by atoms with van der Waals surface area (Å²) in [5.74, 6) is 1.14. The minimum absolute atomic E-state index is 0.217. The van der Waals surface area contributed by atoms with Gasteiger partial charge in [0.15, 0.2) is 16.6 Å². The van der Waals surface area contributed by atoms with Crippen LogP contribution in [0.15, 0.2) is 72.8 Å². The zero-order valence-electron chi connectivity index (χ0n) is 16.2. The van der Waals surface area contributed by atoms with Crippen LogP contribution in [0, 0.1) is 0 Å². The Kier molecular flexibility index (Phi) is 4.07. The number of rotatable bonds is 3. The molecule has 0 unspecified atom stereocenters. The van der Waals surface area contributed by atoms with Gasteiger partial charge in [0.1, 0.15) is 0 Å². The van der Waals surface area contributed by atoms with Crippen LogP contribution in [0.1, 0.15) is 10.4 Å². The maximum atomic E-state index is 13.3. The summed E-state index contributed by atoms with van der Waals surface area (Å²) in [5, 5.41) is 4.26. The Labute approximate surface area is 181 Å². The fourth-order valence-corrected chi connectivity index (χ4v) is 4.53. The molecule has 1 aliphatic heterocycles. The highest BCUT2D eigenvalue weighted by atomic mass is 32.1. The molecule has 0 atom stereocenters. The Morgan fingerprint density at radius 2 is 1.65 bits per heavy atom. The largest absolute Gasteiger partial charge is 0.454 e. The zero-order valence-corrected chi connectivity index (χ0v) is 17.0. The molecule has 2 aromatic heterocycles. The molecule has 1 N–H and O–H groups in total. The topological polar surface area (TPSA) is 73.3 Å². The van der Waals surface area contributed by atoms with E-state index in [1.165, 1.54) is 11.3 Å². The number of benzene rings is 3. The van der Waals surface area contributed by atoms with Crippen molar-refractivity contribution in [2.45, 2.75) is 0 Å². The fourth-order valence-electron chi connectivity index (χ4n) is 3.66. The first-order valence-corrected chi connectivity index (χ1v) is 10.5. The monoisotopic (exact) mass is 425 g/mol. The first kappa shape index (κ1) is 17.9. The SMILES string of the molecule is O=C(Nc1nc2cc3c(cc2s1)OCO3)c1cc(-c2ccccc2)nc2ccccc12. The number of hydrogen-bond acceptors (Lipinski definition) is 6. The summed E-state index contributed by atoms with van der Waals surface area (Å²) in [6.07, 6.45) is 0. The number of aromatic nitrogens is 2. The van der Waals surface area contributed by atoms with Crippen LogP contribution in [0.2, 0.25) is 0 Å². The van der Waals surface area contributed by atoms with Gasteiger partial charge in [0, 0.05) is 23.1 Å². The molecule has 0 aliphatic carbocycles. The molecule has 1 aliphatic rings. The summed E-state index contributed by atoms with van der Waals surface area (Å²) >= 11 is 1.40. The van der Waals surface area contributed by atoms with E-state index >= 15 is 0 Å². The number of hydrogen-bond donors (Lipinski definition) is 1. The third-order valence-corrected chi connectivity index (χ3v) is 6.07. The molecule has 0 saturated heterocycles. The minimum Gasteiger partial charge on any atom is -0.454 e. The number of para-hydroxylation sites is 1. The van der Waals surface area contributed by atoms with Crippen LogP contribution in [0.3, 0.4) is 0 Å². The second-order valence-corrected chi connectivity index (χ2v) is 8.12. The predicted molar refractivity (Wildman–Crippen MR) is 121 cm³/mol. The van der Waals surface area contributed by atoms with Crippen LogP contribution >= 0.6 is 11.3 Å². The van der Waals surface area contributed by atoms with Crippen molar-refractivity contribution in [1.82, 2.24) is 9.97 Å². The van der Waals surface area contributed by atoms with Crippen LogP contribution in [-0.2, 0) is 0 Å². The number of nitrogens with zero attached hydrogens (tertiary/aromatic N) is 2. The van der Waals surface area contributed by atoms with Gasteiger partial charge in [0.05, 0.1) is 27.0 Å². The molecule has 6 rings (SSSR count). The lowest BCUT2D eigenvalue weighted by Gasteiger charge is -2.09. The molecule has 7 heteroatoms. The van der Waals surface area contributed by atoms with E-state index in [4.69, 9.17) is 14.5 Å². The van der Waals surface area contributed by atoms with E-state index in [9.17, 15) is 4.79 Å². The fraction of sp³-hybridized carbons (Fsp3) is 0.0417. The van der Waals surface area contributed by atoms with Crippen molar-refractivity contribution in [3.05, 3.63) is 78.4 Å². The summed E-state index contributed by atoms with van der Waals surface area (Å²) < 4.78 is 11.8. The molecule has 0 saturated carbocycles. The van der Waals surface area contributed by atoms with E-state index in [1.54, 1.807) is 0 Å². The summed E-state index contributed by atoms with van der Waals surface area (Å²) in [6.45, 7) is 0.217. The average molecular weight is 425 g/mol. The van der Waals surface area contributed by atoms with Gasteiger partial charge in [-0.1, -0.05) is 59.9 Å². The zero-order chi connectivity index (χ0) is 20.8. The molecule has 1 amide bonds. The quantitative estimate of drug-likeness (QED) is 0.414. The van der Waals surface area contributed by atoms with Crippen molar-refractivity contribution in [1.29, 1.82) is 0 Å².